The van der Waals surface area contributed by atoms with Gasteiger partial charge in [-0.05, 0) is 78.9 Å². The zero-order valence-corrected chi connectivity index (χ0v) is 28.0. The van der Waals surface area contributed by atoms with Crippen molar-refractivity contribution in [1.29, 1.82) is 0 Å². The Labute approximate surface area is 303 Å². The van der Waals surface area contributed by atoms with Crippen LogP contribution in [0.5, 0.6) is 23.0 Å². The van der Waals surface area contributed by atoms with Gasteiger partial charge in [0.1, 0.15) is 34.4 Å². The van der Waals surface area contributed by atoms with Crippen molar-refractivity contribution in [2.24, 2.45) is 0 Å². The third-order valence-corrected chi connectivity index (χ3v) is 7.36. The lowest BCUT2D eigenvalue weighted by molar-refractivity contribution is -0.137. The van der Waals surface area contributed by atoms with Crippen LogP contribution in [0, 0.1) is 0 Å². The van der Waals surface area contributed by atoms with Crippen molar-refractivity contribution in [1.82, 2.24) is 30.4 Å². The van der Waals surface area contributed by atoms with Gasteiger partial charge < -0.3 is 29.4 Å². The summed E-state index contributed by atoms with van der Waals surface area (Å²) < 4.78 is 61.0. The van der Waals surface area contributed by atoms with Crippen LogP contribution in [0.25, 0.3) is 23.2 Å². The molecule has 7 aromatic rings. The van der Waals surface area contributed by atoms with Gasteiger partial charge in [-0.15, -0.1) is 20.4 Å². The van der Waals surface area contributed by atoms with Crippen molar-refractivity contribution in [3.8, 4) is 46.2 Å². The number of nitrogens with one attached hydrogen (secondary N) is 1. The van der Waals surface area contributed by atoms with Crippen molar-refractivity contribution >= 4 is 34.7 Å². The fraction of sp³-hybridized carbons (Fsp3) is 0.0571. The number of aromatic nitrogens is 6. The van der Waals surface area contributed by atoms with Crippen LogP contribution < -0.4 is 25.4 Å². The van der Waals surface area contributed by atoms with Crippen molar-refractivity contribution in [2.45, 2.75) is 6.18 Å². The number of nitrogens with two attached hydrogens (primary N) is 1. The maximum Gasteiger partial charge on any atom is 0.417 e. The van der Waals surface area contributed by atoms with Crippen LogP contribution in [0.15, 0.2) is 125 Å². The normalized spacial score (nSPS) is 10.9. The first-order valence-corrected chi connectivity index (χ1v) is 15.6. The lowest BCUT2D eigenvalue weighted by Gasteiger charge is -2.20. The van der Waals surface area contributed by atoms with Gasteiger partial charge in [0.15, 0.2) is 0 Å². The highest BCUT2D eigenvalue weighted by Gasteiger charge is 2.34. The van der Waals surface area contributed by atoms with Crippen LogP contribution in [0.1, 0.15) is 5.56 Å². The molecular weight excluding hydrogens is 719 g/mol. The molecule has 0 atom stereocenters. The second-order valence-electron chi connectivity index (χ2n) is 10.7. The maximum atomic E-state index is 13.1. The minimum absolute atomic E-state index is 0.0314. The molecule has 0 saturated heterocycles. The number of urea groups is 1. The average Bonchev–Trinajstić information content (AvgIpc) is 3.90. The minimum atomic E-state index is -4.64. The molecule has 0 saturated carbocycles. The SMILES string of the molecule is CN(C(=O)Nc1ccc(Oc2ccnc(-c3nnco3)c2)cc1)c1ccc(Cl)c(C(F)(F)F)c1.Nc1ccc(Oc2ccnc(-c3nnco3)c2)cc1. The lowest BCUT2D eigenvalue weighted by atomic mass is 10.2. The fourth-order valence-electron chi connectivity index (χ4n) is 4.43. The van der Waals surface area contributed by atoms with Gasteiger partial charge in [-0.25, -0.2) is 4.79 Å². The molecule has 3 N–H and O–H groups in total. The van der Waals surface area contributed by atoms with E-state index in [-0.39, 0.29) is 11.6 Å². The Hall–Kier alpha value is -7.01. The summed E-state index contributed by atoms with van der Waals surface area (Å²) in [5.41, 5.74) is 6.73. The number of halogens is 4. The van der Waals surface area contributed by atoms with E-state index in [1.165, 1.54) is 32.1 Å². The second-order valence-corrected chi connectivity index (χ2v) is 11.1. The zero-order valence-electron chi connectivity index (χ0n) is 27.2. The first-order chi connectivity index (χ1) is 25.5. The number of carbonyl (C=O) groups excluding carboxylic acids is 1. The first kappa shape index (κ1) is 35.8. The van der Waals surface area contributed by atoms with Crippen molar-refractivity contribution in [2.75, 3.05) is 23.0 Å². The van der Waals surface area contributed by atoms with Crippen molar-refractivity contribution < 1.29 is 36.3 Å². The summed E-state index contributed by atoms with van der Waals surface area (Å²) in [4.78, 5) is 21.9. The highest BCUT2D eigenvalue weighted by molar-refractivity contribution is 6.31. The third kappa shape index (κ3) is 9.41. The molecule has 0 aliphatic rings. The molecule has 0 spiro atoms. The number of alkyl halides is 3. The van der Waals surface area contributed by atoms with E-state index < -0.39 is 22.8 Å². The van der Waals surface area contributed by atoms with Crippen molar-refractivity contribution in [3.05, 3.63) is 127 Å². The van der Waals surface area contributed by atoms with Crippen molar-refractivity contribution in [3.63, 3.8) is 0 Å². The predicted molar refractivity (Wildman–Crippen MR) is 186 cm³/mol. The van der Waals surface area contributed by atoms with Gasteiger partial charge >= 0.3 is 12.2 Å². The van der Waals surface area contributed by atoms with Crippen LogP contribution in [-0.4, -0.2) is 43.4 Å². The zero-order chi connectivity index (χ0) is 37.4. The molecule has 7 rings (SSSR count). The summed E-state index contributed by atoms with van der Waals surface area (Å²) in [7, 11) is 1.35. The molecule has 0 bridgehead atoms. The number of ether oxygens (including phenoxy) is 2. The summed E-state index contributed by atoms with van der Waals surface area (Å²) in [6, 6.07) is 22.9. The van der Waals surface area contributed by atoms with E-state index in [1.807, 2.05) is 0 Å². The molecule has 18 heteroatoms. The second kappa shape index (κ2) is 15.9. The smallest absolute Gasteiger partial charge is 0.417 e. The molecule has 0 aliphatic carbocycles. The number of nitrogens with zero attached hydrogens (tertiary/aromatic N) is 7. The fourth-order valence-corrected chi connectivity index (χ4v) is 4.66. The molecule has 4 heterocycles. The number of pyridine rings is 2. The number of amides is 2. The van der Waals surface area contributed by atoms with Gasteiger partial charge in [0.2, 0.25) is 12.8 Å². The number of anilines is 3. The molecular formula is C35H25ClF3N9O5. The molecule has 14 nitrogen and oxygen atoms in total. The summed E-state index contributed by atoms with van der Waals surface area (Å²) in [6.45, 7) is 0. The Morgan fingerprint density at radius 3 is 1.77 bits per heavy atom. The molecule has 4 aromatic heterocycles. The van der Waals surface area contributed by atoms with Gasteiger partial charge in [-0.2, -0.15) is 13.2 Å². The highest BCUT2D eigenvalue weighted by Crippen LogP contribution is 2.37. The average molecular weight is 744 g/mol. The van der Waals surface area contributed by atoms with Gasteiger partial charge in [-0.1, -0.05) is 11.6 Å². The molecule has 0 aliphatic heterocycles. The largest absolute Gasteiger partial charge is 0.457 e. The van der Waals surface area contributed by atoms with E-state index in [2.05, 4.69) is 35.7 Å². The Bertz CT molecular complexity index is 2280. The van der Waals surface area contributed by atoms with Crippen LogP contribution >= 0.6 is 11.6 Å². The topological polar surface area (TPSA) is 180 Å². The molecule has 53 heavy (non-hydrogen) atoms. The quantitative estimate of drug-likeness (QED) is 0.141. The number of nitrogen functional groups attached to an aromatic ring is 1. The van der Waals surface area contributed by atoms with Gasteiger partial charge in [0.05, 0.1) is 10.6 Å². The monoisotopic (exact) mass is 743 g/mol. The summed E-state index contributed by atoms with van der Waals surface area (Å²) >= 11 is 5.64. The number of hydrogen-bond donors (Lipinski definition) is 2. The lowest BCUT2D eigenvalue weighted by Crippen LogP contribution is -2.31. The number of benzene rings is 3. The Balaban J connectivity index is 0.000000213. The third-order valence-electron chi connectivity index (χ3n) is 7.03. The molecule has 3 aromatic carbocycles. The number of hydrogen-bond acceptors (Lipinski definition) is 12. The van der Waals surface area contributed by atoms with E-state index >= 15 is 0 Å². The first-order valence-electron chi connectivity index (χ1n) is 15.2. The maximum absolute atomic E-state index is 13.1. The van der Waals surface area contributed by atoms with Crippen LogP contribution in [0.2, 0.25) is 5.02 Å². The summed E-state index contributed by atoms with van der Waals surface area (Å²) in [6.07, 6.45) is 0.954. The van der Waals surface area contributed by atoms with E-state index in [1.54, 1.807) is 79.0 Å². The van der Waals surface area contributed by atoms with E-state index in [0.717, 1.165) is 17.0 Å². The van der Waals surface area contributed by atoms with Crippen LogP contribution in [0.4, 0.5) is 35.0 Å². The molecule has 0 radical (unpaired) electrons. The molecule has 2 amide bonds. The molecule has 0 unspecified atom stereocenters. The summed E-state index contributed by atoms with van der Waals surface area (Å²) in [5, 5.41) is 17.0. The standard InChI is InChI=1S/C22H15ClF3N5O3.C13H10N4O2/c1-31(14-4-7-18(23)17(10-14)22(24,25)26)21(32)29-13-2-5-15(6-3-13)34-16-8-9-27-19(11-16)20-30-28-12-33-20;14-9-1-3-10(4-2-9)19-11-5-6-15-12(7-11)13-17-16-8-18-13/h2-12H,1H3,(H,29,32);1-8H,14H2. The molecule has 0 fully saturated rings. The van der Waals surface area contributed by atoms with Gasteiger partial charge in [0.25, 0.3) is 11.8 Å². The Morgan fingerprint density at radius 2 is 1.28 bits per heavy atom. The van der Waals surface area contributed by atoms with E-state index in [9.17, 15) is 18.0 Å². The highest BCUT2D eigenvalue weighted by atomic mass is 35.5. The number of carbonyl (C=O) groups is 1. The van der Waals surface area contributed by atoms with Gasteiger partial charge in [-0.3, -0.25) is 14.9 Å². The minimum Gasteiger partial charge on any atom is -0.457 e. The number of rotatable bonds is 8. The van der Waals surface area contributed by atoms with Gasteiger partial charge in [0, 0.05) is 48.6 Å². The Morgan fingerprint density at radius 1 is 0.755 bits per heavy atom. The van der Waals surface area contributed by atoms with E-state index in [0.29, 0.717) is 51.7 Å². The van der Waals surface area contributed by atoms with Crippen LogP contribution in [-0.2, 0) is 6.18 Å². The van der Waals surface area contributed by atoms with E-state index in [4.69, 9.17) is 35.6 Å². The Kier molecular flexibility index (Phi) is 10.7. The summed E-state index contributed by atoms with van der Waals surface area (Å²) in [5.74, 6) is 2.87. The predicted octanol–water partition coefficient (Wildman–Crippen LogP) is 8.77. The van der Waals surface area contributed by atoms with Crippen LogP contribution in [0.3, 0.4) is 0 Å². The molecule has 268 valence electrons.